The molecule has 0 saturated carbocycles. The van der Waals surface area contributed by atoms with Gasteiger partial charge in [0.15, 0.2) is 5.96 Å². The topological polar surface area (TPSA) is 89.2 Å². The second kappa shape index (κ2) is 7.59. The summed E-state index contributed by atoms with van der Waals surface area (Å²) in [5.74, 6) is 1.37. The third-order valence-corrected chi connectivity index (χ3v) is 2.98. The number of halogens is 1. The predicted octanol–water partition coefficient (Wildman–Crippen LogP) is 1.47. The molecule has 0 aliphatic carbocycles. The van der Waals surface area contributed by atoms with Crippen LogP contribution in [0.2, 0.25) is 0 Å². The van der Waals surface area contributed by atoms with Gasteiger partial charge >= 0.3 is 0 Å². The molecule has 1 aliphatic heterocycles. The molecule has 4 N–H and O–H groups in total. The maximum absolute atomic E-state index is 5.87. The van der Waals surface area contributed by atoms with Crippen LogP contribution in [0.15, 0.2) is 34.3 Å². The molecule has 1 heterocycles. The molecule has 1 fully saturated rings. The Bertz CT molecular complexity index is 480. The van der Waals surface area contributed by atoms with Crippen molar-refractivity contribution in [1.82, 2.24) is 4.90 Å². The fourth-order valence-corrected chi connectivity index (χ4v) is 1.95. The van der Waals surface area contributed by atoms with Crippen LogP contribution < -0.4 is 16.2 Å². The number of aliphatic imine (C=N–C) groups is 2. The molecule has 0 radical (unpaired) electrons. The number of ether oxygens (including phenoxy) is 1. The number of hydrogen-bond donors (Lipinski definition) is 2. The van der Waals surface area contributed by atoms with Gasteiger partial charge in [0.25, 0.3) is 0 Å². The fourth-order valence-electron chi connectivity index (χ4n) is 1.95. The second-order valence-electron chi connectivity index (χ2n) is 4.33. The summed E-state index contributed by atoms with van der Waals surface area (Å²) in [5.41, 5.74) is 12.4. The molecule has 1 aromatic carbocycles. The van der Waals surface area contributed by atoms with Crippen LogP contribution in [0.3, 0.4) is 0 Å². The Morgan fingerprint density at radius 1 is 1.15 bits per heavy atom. The molecular weight excluding hydrogens is 278 g/mol. The number of methoxy groups -OCH3 is 1. The molecule has 0 aromatic heterocycles. The summed E-state index contributed by atoms with van der Waals surface area (Å²) in [7, 11) is 1.62. The van der Waals surface area contributed by atoms with Crippen LogP contribution in [0.25, 0.3) is 0 Å². The summed E-state index contributed by atoms with van der Waals surface area (Å²) in [6.45, 7) is 1.87. The molecule has 20 heavy (non-hydrogen) atoms. The zero-order valence-electron chi connectivity index (χ0n) is 11.5. The lowest BCUT2D eigenvalue weighted by Crippen LogP contribution is -2.36. The van der Waals surface area contributed by atoms with Crippen LogP contribution in [0.1, 0.15) is 12.8 Å². The lowest BCUT2D eigenvalue weighted by Gasteiger charge is -2.15. The van der Waals surface area contributed by atoms with E-state index in [1.54, 1.807) is 7.11 Å². The number of rotatable bonds is 2. The minimum Gasteiger partial charge on any atom is -0.497 e. The highest BCUT2D eigenvalue weighted by atomic mass is 35.5. The molecule has 110 valence electrons. The van der Waals surface area contributed by atoms with Crippen molar-refractivity contribution in [3.63, 3.8) is 0 Å². The highest BCUT2D eigenvalue weighted by Gasteiger charge is 2.13. The van der Waals surface area contributed by atoms with Crippen LogP contribution in [0, 0.1) is 0 Å². The third-order valence-electron chi connectivity index (χ3n) is 2.98. The molecule has 0 unspecified atom stereocenters. The Kier molecular flexibility index (Phi) is 6.11. The van der Waals surface area contributed by atoms with Crippen LogP contribution in [0.4, 0.5) is 5.69 Å². The molecular formula is C13H20ClN5O. The van der Waals surface area contributed by atoms with E-state index in [0.29, 0.717) is 5.96 Å². The zero-order valence-corrected chi connectivity index (χ0v) is 12.3. The fraction of sp³-hybridized carbons (Fsp3) is 0.385. The molecule has 1 aromatic rings. The van der Waals surface area contributed by atoms with Gasteiger partial charge in [0.1, 0.15) is 5.75 Å². The molecule has 6 nitrogen and oxygen atoms in total. The van der Waals surface area contributed by atoms with Crippen LogP contribution in [-0.4, -0.2) is 37.0 Å². The van der Waals surface area contributed by atoms with Gasteiger partial charge in [0.05, 0.1) is 12.8 Å². The minimum absolute atomic E-state index is 0. The van der Waals surface area contributed by atoms with E-state index in [9.17, 15) is 0 Å². The van der Waals surface area contributed by atoms with E-state index in [0.717, 1.165) is 37.4 Å². The molecule has 1 aliphatic rings. The standard InChI is InChI=1S/C13H19N5O.ClH/c1-19-11-6-4-10(5-7-11)16-12(14)17-13(15)18-8-2-3-9-18;/h4-7H,2-3,8-9H2,1H3,(H4,14,15,16,17);1H. The van der Waals surface area contributed by atoms with Crippen LogP contribution in [-0.2, 0) is 0 Å². The van der Waals surface area contributed by atoms with Crippen molar-refractivity contribution in [3.8, 4) is 5.75 Å². The maximum Gasteiger partial charge on any atom is 0.223 e. The molecule has 7 heteroatoms. The number of hydrogen-bond acceptors (Lipinski definition) is 2. The largest absolute Gasteiger partial charge is 0.497 e. The number of guanidine groups is 2. The van der Waals surface area contributed by atoms with Gasteiger partial charge < -0.3 is 21.1 Å². The first-order valence-electron chi connectivity index (χ1n) is 6.26. The Morgan fingerprint density at radius 3 is 2.30 bits per heavy atom. The summed E-state index contributed by atoms with van der Waals surface area (Å²) in [4.78, 5) is 10.3. The normalized spacial score (nSPS) is 15.9. The maximum atomic E-state index is 5.87. The van der Waals surface area contributed by atoms with Crippen molar-refractivity contribution >= 4 is 30.0 Å². The average Bonchev–Trinajstić information content (AvgIpc) is 2.93. The van der Waals surface area contributed by atoms with Crippen molar-refractivity contribution in [2.75, 3.05) is 20.2 Å². The van der Waals surface area contributed by atoms with E-state index in [4.69, 9.17) is 16.2 Å². The summed E-state index contributed by atoms with van der Waals surface area (Å²) in [6, 6.07) is 7.26. The van der Waals surface area contributed by atoms with Gasteiger partial charge in [-0.05, 0) is 37.1 Å². The van der Waals surface area contributed by atoms with Crippen molar-refractivity contribution < 1.29 is 4.74 Å². The molecule has 2 rings (SSSR count). The Balaban J connectivity index is 0.00000200. The summed E-state index contributed by atoms with van der Waals surface area (Å²) in [6.07, 6.45) is 2.29. The van der Waals surface area contributed by atoms with Crippen molar-refractivity contribution in [2.45, 2.75) is 12.8 Å². The first kappa shape index (κ1) is 16.1. The van der Waals surface area contributed by atoms with Gasteiger partial charge in [-0.1, -0.05) is 0 Å². The van der Waals surface area contributed by atoms with Gasteiger partial charge in [0.2, 0.25) is 5.96 Å². The summed E-state index contributed by atoms with van der Waals surface area (Å²) in [5, 5.41) is 0. The van der Waals surface area contributed by atoms with Gasteiger partial charge in [-0.15, -0.1) is 12.4 Å². The third kappa shape index (κ3) is 4.31. The average molecular weight is 298 g/mol. The number of nitrogens with zero attached hydrogens (tertiary/aromatic N) is 3. The van der Waals surface area contributed by atoms with E-state index in [-0.39, 0.29) is 18.4 Å². The second-order valence-corrected chi connectivity index (χ2v) is 4.33. The quantitative estimate of drug-likeness (QED) is 0.639. The highest BCUT2D eigenvalue weighted by Crippen LogP contribution is 2.17. The van der Waals surface area contributed by atoms with E-state index in [2.05, 4.69) is 9.98 Å². The molecule has 0 atom stereocenters. The van der Waals surface area contributed by atoms with Crippen molar-refractivity contribution in [3.05, 3.63) is 24.3 Å². The van der Waals surface area contributed by atoms with Gasteiger partial charge in [-0.2, -0.15) is 4.99 Å². The summed E-state index contributed by atoms with van der Waals surface area (Å²) < 4.78 is 5.07. The number of likely N-dealkylation sites (tertiary alicyclic amines) is 1. The smallest absolute Gasteiger partial charge is 0.223 e. The number of nitrogens with two attached hydrogens (primary N) is 2. The molecule has 0 spiro atoms. The van der Waals surface area contributed by atoms with E-state index >= 15 is 0 Å². The Hall–Kier alpha value is -1.95. The van der Waals surface area contributed by atoms with Gasteiger partial charge in [-0.25, -0.2) is 4.99 Å². The minimum atomic E-state index is 0. The lowest BCUT2D eigenvalue weighted by atomic mass is 10.3. The summed E-state index contributed by atoms with van der Waals surface area (Å²) >= 11 is 0. The van der Waals surface area contributed by atoms with E-state index in [1.807, 2.05) is 29.2 Å². The van der Waals surface area contributed by atoms with E-state index < -0.39 is 0 Å². The molecule has 0 amide bonds. The van der Waals surface area contributed by atoms with Gasteiger partial charge in [0, 0.05) is 13.1 Å². The zero-order chi connectivity index (χ0) is 13.7. The van der Waals surface area contributed by atoms with Crippen LogP contribution in [0.5, 0.6) is 5.75 Å². The Morgan fingerprint density at radius 2 is 1.75 bits per heavy atom. The highest BCUT2D eigenvalue weighted by molar-refractivity contribution is 5.94. The molecule has 0 bridgehead atoms. The number of benzene rings is 1. The predicted molar refractivity (Wildman–Crippen MR) is 84.0 cm³/mol. The van der Waals surface area contributed by atoms with Crippen molar-refractivity contribution in [2.24, 2.45) is 21.5 Å². The van der Waals surface area contributed by atoms with Crippen LogP contribution >= 0.6 is 12.4 Å². The van der Waals surface area contributed by atoms with Gasteiger partial charge in [-0.3, -0.25) is 0 Å². The van der Waals surface area contributed by atoms with E-state index in [1.165, 1.54) is 0 Å². The van der Waals surface area contributed by atoms with Crippen molar-refractivity contribution in [1.29, 1.82) is 0 Å². The Labute approximate surface area is 124 Å². The molecule has 1 saturated heterocycles. The first-order valence-corrected chi connectivity index (χ1v) is 6.26. The monoisotopic (exact) mass is 297 g/mol. The SMILES string of the molecule is COc1ccc(N=C(N)N=C(N)N2CCCC2)cc1.Cl. The first-order chi connectivity index (χ1) is 9.19. The lowest BCUT2D eigenvalue weighted by molar-refractivity contribution is 0.415.